The van der Waals surface area contributed by atoms with E-state index in [0.29, 0.717) is 22.8 Å². The molecule has 3 aromatic rings. The first-order valence-corrected chi connectivity index (χ1v) is 11.6. The van der Waals surface area contributed by atoms with Crippen molar-refractivity contribution in [2.45, 2.75) is 4.90 Å². The first kappa shape index (κ1) is 24.6. The molecule has 178 valence electrons. The van der Waals surface area contributed by atoms with Gasteiger partial charge in [0.15, 0.2) is 0 Å². The molecule has 34 heavy (non-hydrogen) atoms. The number of carbonyl (C=O) groups is 1. The molecule has 9 nitrogen and oxygen atoms in total. The largest absolute Gasteiger partial charge is 0.497 e. The van der Waals surface area contributed by atoms with E-state index in [2.05, 4.69) is 10.5 Å². The van der Waals surface area contributed by atoms with Crippen molar-refractivity contribution in [3.63, 3.8) is 0 Å². The summed E-state index contributed by atoms with van der Waals surface area (Å²) >= 11 is 0. The Labute approximate surface area is 198 Å². The van der Waals surface area contributed by atoms with Gasteiger partial charge in [0, 0.05) is 5.56 Å². The van der Waals surface area contributed by atoms with Crippen LogP contribution in [0.5, 0.6) is 17.2 Å². The molecule has 0 aliphatic rings. The lowest BCUT2D eigenvalue weighted by Crippen LogP contribution is -2.39. The molecule has 0 fully saturated rings. The van der Waals surface area contributed by atoms with Crippen molar-refractivity contribution in [3.8, 4) is 17.2 Å². The lowest BCUT2D eigenvalue weighted by molar-refractivity contribution is -0.119. The highest BCUT2D eigenvalue weighted by atomic mass is 32.2. The Kier molecular flexibility index (Phi) is 8.10. The van der Waals surface area contributed by atoms with E-state index in [4.69, 9.17) is 14.2 Å². The summed E-state index contributed by atoms with van der Waals surface area (Å²) in [7, 11) is 0.310. The summed E-state index contributed by atoms with van der Waals surface area (Å²) in [4.78, 5) is 12.7. The maximum Gasteiger partial charge on any atom is 0.264 e. The molecule has 0 bridgehead atoms. The molecule has 0 radical (unpaired) electrons. The highest BCUT2D eigenvalue weighted by Gasteiger charge is 2.29. The van der Waals surface area contributed by atoms with Gasteiger partial charge in [0.25, 0.3) is 15.9 Å². The predicted octanol–water partition coefficient (Wildman–Crippen LogP) is 3.06. The van der Waals surface area contributed by atoms with Gasteiger partial charge in [-0.2, -0.15) is 5.10 Å². The van der Waals surface area contributed by atoms with Crippen LogP contribution in [0.4, 0.5) is 5.69 Å². The van der Waals surface area contributed by atoms with Crippen molar-refractivity contribution in [2.75, 3.05) is 32.2 Å². The molecule has 0 aromatic heterocycles. The minimum Gasteiger partial charge on any atom is -0.497 e. The summed E-state index contributed by atoms with van der Waals surface area (Å²) in [6.07, 6.45) is 1.42. The zero-order chi connectivity index (χ0) is 24.6. The fourth-order valence-corrected chi connectivity index (χ4v) is 4.55. The minimum absolute atomic E-state index is 0.00970. The van der Waals surface area contributed by atoms with E-state index in [0.717, 1.165) is 4.31 Å². The van der Waals surface area contributed by atoms with Gasteiger partial charge in [-0.1, -0.05) is 24.3 Å². The molecule has 0 spiro atoms. The molecule has 1 N–H and O–H groups in total. The van der Waals surface area contributed by atoms with Crippen molar-refractivity contribution < 1.29 is 27.4 Å². The molecule has 3 rings (SSSR count). The zero-order valence-corrected chi connectivity index (χ0v) is 19.8. The molecule has 1 amide bonds. The highest BCUT2D eigenvalue weighted by Crippen LogP contribution is 2.32. The van der Waals surface area contributed by atoms with Gasteiger partial charge in [0.05, 0.1) is 38.1 Å². The van der Waals surface area contributed by atoms with Crippen LogP contribution in [-0.2, 0) is 14.8 Å². The molecule has 10 heteroatoms. The van der Waals surface area contributed by atoms with E-state index in [9.17, 15) is 13.2 Å². The average molecular weight is 484 g/mol. The van der Waals surface area contributed by atoms with Gasteiger partial charge < -0.3 is 14.2 Å². The molecule has 3 aromatic carbocycles. The lowest BCUT2D eigenvalue weighted by Gasteiger charge is -2.25. The van der Waals surface area contributed by atoms with Crippen LogP contribution in [0.25, 0.3) is 0 Å². The number of amides is 1. The number of para-hydroxylation sites is 3. The number of nitrogens with one attached hydrogen (secondary N) is 1. The van der Waals surface area contributed by atoms with Gasteiger partial charge in [-0.15, -0.1) is 0 Å². The summed E-state index contributed by atoms with van der Waals surface area (Å²) in [6.45, 7) is -0.530. The lowest BCUT2D eigenvalue weighted by atomic mass is 10.2. The minimum atomic E-state index is -4.13. The highest BCUT2D eigenvalue weighted by molar-refractivity contribution is 7.92. The zero-order valence-electron chi connectivity index (χ0n) is 19.0. The molecular formula is C24H25N3O6S. The molecule has 0 aliphatic heterocycles. The van der Waals surface area contributed by atoms with Crippen molar-refractivity contribution in [3.05, 3.63) is 78.4 Å². The van der Waals surface area contributed by atoms with E-state index in [-0.39, 0.29) is 10.6 Å². The maximum absolute atomic E-state index is 13.5. The average Bonchev–Trinajstić information content (AvgIpc) is 2.87. The van der Waals surface area contributed by atoms with Gasteiger partial charge in [-0.3, -0.25) is 9.10 Å². The number of hydrazone groups is 1. The van der Waals surface area contributed by atoms with Gasteiger partial charge in [0.1, 0.15) is 23.8 Å². The van der Waals surface area contributed by atoms with Crippen LogP contribution < -0.4 is 23.9 Å². The third kappa shape index (κ3) is 5.65. The number of hydrogen-bond donors (Lipinski definition) is 1. The molecule has 0 heterocycles. The summed E-state index contributed by atoms with van der Waals surface area (Å²) in [5, 5.41) is 3.94. The molecular weight excluding hydrogens is 458 g/mol. The first-order chi connectivity index (χ1) is 16.4. The fourth-order valence-electron chi connectivity index (χ4n) is 3.12. The molecule has 0 aliphatic carbocycles. The molecule has 0 atom stereocenters. The second-order valence-electron chi connectivity index (χ2n) is 6.89. The number of benzene rings is 3. The first-order valence-electron chi connectivity index (χ1n) is 10.2. The molecule has 0 saturated heterocycles. The number of nitrogens with zero attached hydrogens (tertiary/aromatic N) is 2. The van der Waals surface area contributed by atoms with E-state index in [1.54, 1.807) is 42.5 Å². The van der Waals surface area contributed by atoms with E-state index in [1.807, 2.05) is 6.07 Å². The van der Waals surface area contributed by atoms with E-state index < -0.39 is 22.5 Å². The second-order valence-corrected chi connectivity index (χ2v) is 8.76. The summed E-state index contributed by atoms with van der Waals surface area (Å²) in [5.74, 6) is 0.739. The smallest absolute Gasteiger partial charge is 0.264 e. The van der Waals surface area contributed by atoms with Crippen LogP contribution >= 0.6 is 0 Å². The molecule has 0 unspecified atom stereocenters. The van der Waals surface area contributed by atoms with Gasteiger partial charge in [-0.25, -0.2) is 13.8 Å². The van der Waals surface area contributed by atoms with Crippen LogP contribution in [0.1, 0.15) is 5.56 Å². The van der Waals surface area contributed by atoms with Crippen LogP contribution in [0.2, 0.25) is 0 Å². The number of rotatable bonds is 10. The van der Waals surface area contributed by atoms with Crippen LogP contribution in [0.15, 0.2) is 82.8 Å². The number of hydrogen-bond acceptors (Lipinski definition) is 7. The third-order valence-electron chi connectivity index (χ3n) is 4.82. The standard InChI is InChI=1S/C24H25N3O6S/c1-31-19-12-14-20(15-13-19)34(29,30)27(21-9-5-7-11-23(21)33-3)17-24(28)26-25-16-18-8-4-6-10-22(18)32-2/h4-16H,17H2,1-3H3,(H,26,28)/b25-16-. The Hall–Kier alpha value is -4.05. The van der Waals surface area contributed by atoms with Crippen molar-refractivity contribution >= 4 is 27.8 Å². The van der Waals surface area contributed by atoms with Crippen molar-refractivity contribution in [1.82, 2.24) is 5.43 Å². The number of anilines is 1. The summed E-state index contributed by atoms with van der Waals surface area (Å²) in [5.41, 5.74) is 3.23. The van der Waals surface area contributed by atoms with Crippen molar-refractivity contribution in [2.24, 2.45) is 5.10 Å². The normalized spacial score (nSPS) is 11.1. The van der Waals surface area contributed by atoms with E-state index in [1.165, 1.54) is 51.8 Å². The Bertz CT molecular complexity index is 1260. The number of sulfonamides is 1. The fraction of sp³-hybridized carbons (Fsp3) is 0.167. The third-order valence-corrected chi connectivity index (χ3v) is 6.59. The SMILES string of the molecule is COc1ccc(S(=O)(=O)N(CC(=O)N/N=C\c2ccccc2OC)c2ccccc2OC)cc1. The Balaban J connectivity index is 1.89. The maximum atomic E-state index is 13.5. The monoisotopic (exact) mass is 483 g/mol. The van der Waals surface area contributed by atoms with Crippen LogP contribution in [0.3, 0.4) is 0 Å². The van der Waals surface area contributed by atoms with Crippen molar-refractivity contribution in [1.29, 1.82) is 0 Å². The quantitative estimate of drug-likeness (QED) is 0.351. The Morgan fingerprint density at radius 3 is 2.15 bits per heavy atom. The van der Waals surface area contributed by atoms with Gasteiger partial charge >= 0.3 is 0 Å². The predicted molar refractivity (Wildman–Crippen MR) is 129 cm³/mol. The van der Waals surface area contributed by atoms with Gasteiger partial charge in [-0.05, 0) is 48.5 Å². The second kappa shape index (κ2) is 11.2. The van der Waals surface area contributed by atoms with E-state index >= 15 is 0 Å². The summed E-state index contributed by atoms with van der Waals surface area (Å²) in [6, 6.07) is 19.6. The number of carbonyl (C=O) groups excluding carboxylic acids is 1. The number of ether oxygens (including phenoxy) is 3. The number of methoxy groups -OCH3 is 3. The summed E-state index contributed by atoms with van der Waals surface area (Å²) < 4.78 is 43.7. The molecule has 0 saturated carbocycles. The Morgan fingerprint density at radius 1 is 0.882 bits per heavy atom. The van der Waals surface area contributed by atoms with Gasteiger partial charge in [0.2, 0.25) is 0 Å². The Morgan fingerprint density at radius 2 is 1.50 bits per heavy atom. The van der Waals surface area contributed by atoms with Crippen LogP contribution in [0, 0.1) is 0 Å². The van der Waals surface area contributed by atoms with Crippen LogP contribution in [-0.4, -0.2) is 48.4 Å². The topological polar surface area (TPSA) is 107 Å².